The van der Waals surface area contributed by atoms with E-state index in [0.717, 1.165) is 27.2 Å². The molecule has 1 unspecified atom stereocenters. The second-order valence-corrected chi connectivity index (χ2v) is 8.67. The van der Waals surface area contributed by atoms with Crippen molar-refractivity contribution in [3.63, 3.8) is 0 Å². The minimum atomic E-state index is -0.554. The zero-order valence-electron chi connectivity index (χ0n) is 19.3. The van der Waals surface area contributed by atoms with Gasteiger partial charge in [-0.15, -0.1) is 11.3 Å². The van der Waals surface area contributed by atoms with Gasteiger partial charge in [-0.3, -0.25) is 4.79 Å². The standard InChI is InChI=1S/C25H25N3O5S/c1-15(19-12-18(31-3)10-11-21(19)32-4)26-23(29)14-33-25(30)22-13-20-16(2)27-28(24(20)34-22)17-8-6-5-7-9-17/h5-13,15H,14H2,1-4H3,(H,26,29). The summed E-state index contributed by atoms with van der Waals surface area (Å²) < 4.78 is 17.7. The number of fused-ring (bicyclic) bond motifs is 1. The number of methoxy groups -OCH3 is 2. The number of nitrogens with one attached hydrogen (secondary N) is 1. The molecule has 1 amide bonds. The van der Waals surface area contributed by atoms with Gasteiger partial charge in [0.15, 0.2) is 6.61 Å². The molecule has 34 heavy (non-hydrogen) atoms. The first-order valence-electron chi connectivity index (χ1n) is 10.6. The number of para-hydroxylation sites is 1. The summed E-state index contributed by atoms with van der Waals surface area (Å²) in [5, 5.41) is 8.28. The van der Waals surface area contributed by atoms with Crippen molar-refractivity contribution in [2.24, 2.45) is 0 Å². The average Bonchev–Trinajstić information content (AvgIpc) is 3.43. The third-order valence-electron chi connectivity index (χ3n) is 5.36. The molecule has 2 aromatic heterocycles. The number of carbonyl (C=O) groups excluding carboxylic acids is 2. The Bertz CT molecular complexity index is 1330. The number of benzene rings is 2. The number of hydrogen-bond acceptors (Lipinski definition) is 7. The van der Waals surface area contributed by atoms with Crippen LogP contribution in [0.1, 0.15) is 33.9 Å². The van der Waals surface area contributed by atoms with Crippen LogP contribution in [0.4, 0.5) is 0 Å². The molecular formula is C25H25N3O5S. The average molecular weight is 480 g/mol. The van der Waals surface area contributed by atoms with Crippen molar-refractivity contribution in [1.29, 1.82) is 0 Å². The third kappa shape index (κ3) is 4.74. The van der Waals surface area contributed by atoms with E-state index in [1.165, 1.54) is 11.3 Å². The lowest BCUT2D eigenvalue weighted by molar-refractivity contribution is -0.124. The highest BCUT2D eigenvalue weighted by atomic mass is 32.1. The second kappa shape index (κ2) is 9.96. The van der Waals surface area contributed by atoms with Crippen molar-refractivity contribution in [1.82, 2.24) is 15.1 Å². The largest absolute Gasteiger partial charge is 0.497 e. The number of esters is 1. The predicted octanol–water partition coefficient (Wildman–Crippen LogP) is 4.45. The Morgan fingerprint density at radius 3 is 2.56 bits per heavy atom. The van der Waals surface area contributed by atoms with Gasteiger partial charge in [-0.1, -0.05) is 18.2 Å². The van der Waals surface area contributed by atoms with Gasteiger partial charge >= 0.3 is 5.97 Å². The molecule has 0 bridgehead atoms. The maximum absolute atomic E-state index is 12.7. The molecular weight excluding hydrogens is 454 g/mol. The van der Waals surface area contributed by atoms with E-state index in [1.54, 1.807) is 38.5 Å². The number of thiophene rings is 1. The molecule has 8 nitrogen and oxygen atoms in total. The fourth-order valence-corrected chi connectivity index (χ4v) is 4.71. The van der Waals surface area contributed by atoms with Gasteiger partial charge < -0.3 is 19.5 Å². The molecule has 1 N–H and O–H groups in total. The van der Waals surface area contributed by atoms with Gasteiger partial charge in [0.2, 0.25) is 0 Å². The Morgan fingerprint density at radius 1 is 1.09 bits per heavy atom. The highest BCUT2D eigenvalue weighted by molar-refractivity contribution is 7.20. The van der Waals surface area contributed by atoms with Crippen LogP contribution in [-0.4, -0.2) is 42.5 Å². The summed E-state index contributed by atoms with van der Waals surface area (Å²) in [4.78, 5) is 26.4. The lowest BCUT2D eigenvalue weighted by atomic mass is 10.1. The molecule has 0 fully saturated rings. The van der Waals surface area contributed by atoms with Crippen LogP contribution in [0.15, 0.2) is 54.6 Å². The monoisotopic (exact) mass is 479 g/mol. The first kappa shape index (κ1) is 23.3. The summed E-state index contributed by atoms with van der Waals surface area (Å²) in [5.74, 6) is 0.302. The van der Waals surface area contributed by atoms with Crippen molar-refractivity contribution >= 4 is 33.4 Å². The van der Waals surface area contributed by atoms with E-state index in [1.807, 2.05) is 48.9 Å². The molecule has 0 aliphatic carbocycles. The van der Waals surface area contributed by atoms with E-state index in [9.17, 15) is 9.59 Å². The quantitative estimate of drug-likeness (QED) is 0.376. The van der Waals surface area contributed by atoms with E-state index in [0.29, 0.717) is 16.4 Å². The first-order valence-corrected chi connectivity index (χ1v) is 11.5. The molecule has 0 aliphatic rings. The maximum atomic E-state index is 12.7. The van der Waals surface area contributed by atoms with Gasteiger partial charge in [-0.25, -0.2) is 9.48 Å². The van der Waals surface area contributed by atoms with E-state index in [-0.39, 0.29) is 6.04 Å². The van der Waals surface area contributed by atoms with Crippen LogP contribution in [0.3, 0.4) is 0 Å². The van der Waals surface area contributed by atoms with Gasteiger partial charge in [-0.05, 0) is 50.2 Å². The fourth-order valence-electron chi connectivity index (χ4n) is 3.63. The lowest BCUT2D eigenvalue weighted by Crippen LogP contribution is -2.31. The molecule has 0 saturated heterocycles. The minimum absolute atomic E-state index is 0.375. The molecule has 176 valence electrons. The van der Waals surface area contributed by atoms with Crippen molar-refractivity contribution in [2.75, 3.05) is 20.8 Å². The van der Waals surface area contributed by atoms with Crippen LogP contribution < -0.4 is 14.8 Å². The predicted molar refractivity (Wildman–Crippen MR) is 130 cm³/mol. The minimum Gasteiger partial charge on any atom is -0.497 e. The molecule has 0 radical (unpaired) electrons. The summed E-state index contributed by atoms with van der Waals surface area (Å²) in [6.45, 7) is 3.32. The van der Waals surface area contributed by atoms with Crippen LogP contribution in [0.5, 0.6) is 11.5 Å². The van der Waals surface area contributed by atoms with E-state index in [4.69, 9.17) is 14.2 Å². The molecule has 2 aromatic carbocycles. The van der Waals surface area contributed by atoms with Crippen LogP contribution in [0.25, 0.3) is 15.9 Å². The molecule has 9 heteroatoms. The summed E-state index contributed by atoms with van der Waals surface area (Å²) in [6.07, 6.45) is 0. The number of aromatic nitrogens is 2. The van der Waals surface area contributed by atoms with Crippen molar-refractivity contribution < 1.29 is 23.8 Å². The van der Waals surface area contributed by atoms with Crippen LogP contribution in [0, 0.1) is 6.92 Å². The van der Waals surface area contributed by atoms with Crippen LogP contribution >= 0.6 is 11.3 Å². The molecule has 1 atom stereocenters. The normalized spacial score (nSPS) is 11.8. The fraction of sp³-hybridized carbons (Fsp3) is 0.240. The van der Waals surface area contributed by atoms with Gasteiger partial charge in [-0.2, -0.15) is 5.10 Å². The Labute approximate surface area is 201 Å². The molecule has 0 saturated carbocycles. The molecule has 4 aromatic rings. The highest BCUT2D eigenvalue weighted by Crippen LogP contribution is 2.31. The summed E-state index contributed by atoms with van der Waals surface area (Å²) >= 11 is 1.28. The lowest BCUT2D eigenvalue weighted by Gasteiger charge is -2.18. The van der Waals surface area contributed by atoms with Crippen molar-refractivity contribution in [2.45, 2.75) is 19.9 Å². The second-order valence-electron chi connectivity index (χ2n) is 7.64. The smallest absolute Gasteiger partial charge is 0.348 e. The zero-order chi connectivity index (χ0) is 24.2. The van der Waals surface area contributed by atoms with E-state index < -0.39 is 18.5 Å². The number of rotatable bonds is 8. The van der Waals surface area contributed by atoms with Crippen molar-refractivity contribution in [3.8, 4) is 17.2 Å². The highest BCUT2D eigenvalue weighted by Gasteiger charge is 2.20. The Kier molecular flexibility index (Phi) is 6.83. The Balaban J connectivity index is 1.42. The SMILES string of the molecule is COc1ccc(OC)c(C(C)NC(=O)COC(=O)c2cc3c(C)nn(-c4ccccc4)c3s2)c1. The molecule has 4 rings (SSSR count). The number of carbonyl (C=O) groups is 2. The van der Waals surface area contributed by atoms with Crippen LogP contribution in [0.2, 0.25) is 0 Å². The third-order valence-corrected chi connectivity index (χ3v) is 6.45. The van der Waals surface area contributed by atoms with Gasteiger partial charge in [0.05, 0.1) is 31.6 Å². The van der Waals surface area contributed by atoms with Gasteiger partial charge in [0.1, 0.15) is 21.2 Å². The Morgan fingerprint density at radius 2 is 1.85 bits per heavy atom. The van der Waals surface area contributed by atoms with Crippen LogP contribution in [-0.2, 0) is 9.53 Å². The molecule has 0 spiro atoms. The van der Waals surface area contributed by atoms with Crippen molar-refractivity contribution in [3.05, 3.63) is 70.7 Å². The Hall–Kier alpha value is -3.85. The number of amides is 1. The topological polar surface area (TPSA) is 91.7 Å². The van der Waals surface area contributed by atoms with E-state index >= 15 is 0 Å². The number of nitrogens with zero attached hydrogens (tertiary/aromatic N) is 2. The summed E-state index contributed by atoms with van der Waals surface area (Å²) in [7, 11) is 3.13. The number of hydrogen-bond donors (Lipinski definition) is 1. The maximum Gasteiger partial charge on any atom is 0.348 e. The number of aryl methyl sites for hydroxylation is 1. The van der Waals surface area contributed by atoms with E-state index in [2.05, 4.69) is 10.4 Å². The summed E-state index contributed by atoms with van der Waals surface area (Å²) in [5.41, 5.74) is 2.48. The molecule has 0 aliphatic heterocycles. The van der Waals surface area contributed by atoms with Gasteiger partial charge in [0.25, 0.3) is 5.91 Å². The number of ether oxygens (including phenoxy) is 3. The summed E-state index contributed by atoms with van der Waals surface area (Å²) in [6, 6.07) is 16.4. The zero-order valence-corrected chi connectivity index (χ0v) is 20.1. The molecule has 2 heterocycles. The van der Waals surface area contributed by atoms with Gasteiger partial charge in [0, 0.05) is 10.9 Å². The first-order chi connectivity index (χ1) is 16.4.